The van der Waals surface area contributed by atoms with Gasteiger partial charge in [0.15, 0.2) is 0 Å². The van der Waals surface area contributed by atoms with E-state index in [1.54, 1.807) is 58.0 Å². The molecule has 2 aromatic carbocycles. The van der Waals surface area contributed by atoms with Gasteiger partial charge in [0.2, 0.25) is 11.8 Å². The number of nitrogens with zero attached hydrogens (tertiary/aromatic N) is 1. The number of anilines is 1. The van der Waals surface area contributed by atoms with Gasteiger partial charge in [-0.3, -0.25) is 14.4 Å². The summed E-state index contributed by atoms with van der Waals surface area (Å²) in [5, 5.41) is 16.0. The maximum absolute atomic E-state index is 14.2. The van der Waals surface area contributed by atoms with Crippen molar-refractivity contribution in [2.75, 3.05) is 5.32 Å². The number of primary amides is 1. The number of para-hydroxylation sites is 1. The molecule has 0 bridgehead atoms. The minimum Gasteiger partial charge on any atom is -0.508 e. The number of hydrogen-bond donors (Lipinski definition) is 4. The first kappa shape index (κ1) is 30.7. The van der Waals surface area contributed by atoms with Crippen molar-refractivity contribution < 1.29 is 29.0 Å². The van der Waals surface area contributed by atoms with E-state index in [-0.39, 0.29) is 24.6 Å². The number of aryl methyl sites for hydroxylation is 1. The molecule has 10 nitrogen and oxygen atoms in total. The monoisotopic (exact) mass is 572 g/mol. The van der Waals surface area contributed by atoms with Gasteiger partial charge in [-0.25, -0.2) is 4.79 Å². The fourth-order valence-corrected chi connectivity index (χ4v) is 4.74. The quantitative estimate of drug-likeness (QED) is 0.327. The first-order valence-corrected chi connectivity index (χ1v) is 13.6. The number of amides is 4. The van der Waals surface area contributed by atoms with Gasteiger partial charge in [0.1, 0.15) is 23.4 Å². The second-order valence-electron chi connectivity index (χ2n) is 11.0. The maximum atomic E-state index is 14.2. The Kier molecular flexibility index (Phi) is 10.0. The molecule has 0 radical (unpaired) electrons. The Balaban J connectivity index is 2.05. The van der Waals surface area contributed by atoms with E-state index in [4.69, 9.17) is 22.1 Å². The summed E-state index contributed by atoms with van der Waals surface area (Å²) < 4.78 is 5.36. The molecule has 216 valence electrons. The predicted octanol–water partition coefficient (Wildman–Crippen LogP) is 4.57. The highest BCUT2D eigenvalue weighted by atomic mass is 35.5. The minimum absolute atomic E-state index is 0.0811. The summed E-state index contributed by atoms with van der Waals surface area (Å²) in [5.74, 6) is -1.85. The Morgan fingerprint density at radius 3 is 2.38 bits per heavy atom. The number of nitrogens with two attached hydrogens (primary N) is 1. The van der Waals surface area contributed by atoms with Crippen LogP contribution in [0, 0.1) is 6.92 Å². The van der Waals surface area contributed by atoms with Crippen LogP contribution in [0.5, 0.6) is 5.75 Å². The zero-order chi connectivity index (χ0) is 29.6. The van der Waals surface area contributed by atoms with Gasteiger partial charge in [0.25, 0.3) is 5.91 Å². The van der Waals surface area contributed by atoms with Crippen LogP contribution in [-0.2, 0) is 19.1 Å². The fourth-order valence-electron chi connectivity index (χ4n) is 4.47. The number of rotatable bonds is 10. The Hall–Kier alpha value is -3.79. The molecular weight excluding hydrogens is 536 g/mol. The van der Waals surface area contributed by atoms with Crippen LogP contribution in [-0.4, -0.2) is 51.5 Å². The van der Waals surface area contributed by atoms with E-state index < -0.39 is 41.5 Å². The maximum Gasteiger partial charge on any atom is 0.408 e. The van der Waals surface area contributed by atoms with Crippen LogP contribution >= 0.6 is 11.6 Å². The van der Waals surface area contributed by atoms with Gasteiger partial charge in [-0.2, -0.15) is 0 Å². The molecule has 0 spiro atoms. The van der Waals surface area contributed by atoms with E-state index >= 15 is 0 Å². The average Bonchev–Trinajstić information content (AvgIpc) is 2.81. The predicted molar refractivity (Wildman–Crippen MR) is 152 cm³/mol. The number of ether oxygens (including phenoxy) is 1. The molecule has 40 heavy (non-hydrogen) atoms. The van der Waals surface area contributed by atoms with Gasteiger partial charge >= 0.3 is 6.09 Å². The molecule has 3 rings (SSSR count). The summed E-state index contributed by atoms with van der Waals surface area (Å²) in [6, 6.07) is 8.60. The third-order valence-electron chi connectivity index (χ3n) is 6.57. The number of alkyl carbamates (subject to hydrolysis) is 1. The third kappa shape index (κ3) is 8.11. The number of carbonyl (C=O) groups excluding carboxylic acids is 4. The van der Waals surface area contributed by atoms with Crippen LogP contribution in [0.2, 0.25) is 5.02 Å². The van der Waals surface area contributed by atoms with Gasteiger partial charge in [0, 0.05) is 12.5 Å². The second kappa shape index (κ2) is 13.0. The van der Waals surface area contributed by atoms with Gasteiger partial charge < -0.3 is 31.1 Å². The zero-order valence-corrected chi connectivity index (χ0v) is 24.0. The summed E-state index contributed by atoms with van der Waals surface area (Å²) in [7, 11) is 0. The van der Waals surface area contributed by atoms with Gasteiger partial charge in [-0.1, -0.05) is 35.9 Å². The van der Waals surface area contributed by atoms with Crippen LogP contribution in [0.4, 0.5) is 10.5 Å². The van der Waals surface area contributed by atoms with Crippen LogP contribution in [0.15, 0.2) is 42.5 Å². The van der Waals surface area contributed by atoms with E-state index in [0.29, 0.717) is 29.1 Å². The molecule has 1 aliphatic carbocycles. The van der Waals surface area contributed by atoms with Crippen molar-refractivity contribution in [3.05, 3.63) is 58.6 Å². The van der Waals surface area contributed by atoms with Crippen molar-refractivity contribution in [3.8, 4) is 5.75 Å². The number of nitrogens with one attached hydrogen (secondary N) is 2. The number of halogens is 1. The van der Waals surface area contributed by atoms with Gasteiger partial charge in [-0.05, 0) is 82.7 Å². The summed E-state index contributed by atoms with van der Waals surface area (Å²) >= 11 is 6.38. The Labute approximate surface area is 239 Å². The molecule has 4 amide bonds. The molecule has 2 unspecified atom stereocenters. The number of carbonyl (C=O) groups is 4. The molecular formula is C29H37ClN4O6. The molecule has 0 saturated heterocycles. The number of phenols is 1. The first-order chi connectivity index (χ1) is 18.8. The van der Waals surface area contributed by atoms with Crippen molar-refractivity contribution in [3.63, 3.8) is 0 Å². The lowest BCUT2D eigenvalue weighted by Crippen LogP contribution is -2.57. The number of benzene rings is 2. The first-order valence-electron chi connectivity index (χ1n) is 13.2. The largest absolute Gasteiger partial charge is 0.508 e. The lowest BCUT2D eigenvalue weighted by atomic mass is 9.87. The Bertz CT molecular complexity index is 1240. The fraction of sp³-hybridized carbons (Fsp3) is 0.448. The highest BCUT2D eigenvalue weighted by molar-refractivity contribution is 6.34. The molecule has 0 aromatic heterocycles. The molecule has 2 aromatic rings. The topological polar surface area (TPSA) is 151 Å². The van der Waals surface area contributed by atoms with Crippen LogP contribution in [0.1, 0.15) is 70.0 Å². The summed E-state index contributed by atoms with van der Waals surface area (Å²) in [6.45, 7) is 6.86. The van der Waals surface area contributed by atoms with Gasteiger partial charge in [-0.15, -0.1) is 0 Å². The normalized spacial score (nSPS) is 14.8. The average molecular weight is 573 g/mol. The second-order valence-corrected chi connectivity index (χ2v) is 11.4. The smallest absolute Gasteiger partial charge is 0.408 e. The Morgan fingerprint density at radius 2 is 1.82 bits per heavy atom. The highest BCUT2D eigenvalue weighted by Crippen LogP contribution is 2.36. The molecule has 11 heteroatoms. The van der Waals surface area contributed by atoms with Crippen molar-refractivity contribution in [2.24, 2.45) is 5.73 Å². The molecule has 0 heterocycles. The minimum atomic E-state index is -1.20. The number of aromatic hydroxyl groups is 1. The van der Waals surface area contributed by atoms with E-state index in [0.717, 1.165) is 12.0 Å². The van der Waals surface area contributed by atoms with Crippen LogP contribution in [0.3, 0.4) is 0 Å². The van der Waals surface area contributed by atoms with Crippen molar-refractivity contribution in [1.82, 2.24) is 10.2 Å². The molecule has 1 saturated carbocycles. The van der Waals surface area contributed by atoms with Gasteiger partial charge in [0.05, 0.1) is 10.7 Å². The standard InChI is InChI=1S/C29H37ClN4O6/c1-17-8-5-13-21(30)24(17)33-26(37)25(18-9-6-12-20(35)16-18)34(19-10-7-11-19)27(38)22(14-15-23(31)36)32-28(39)40-29(2,3)4/h5-6,8-9,12-13,16,19,22,25,35H,7,10-11,14-15H2,1-4H3,(H2,31,36)(H,32,39)(H,33,37). The Morgan fingerprint density at radius 1 is 1.15 bits per heavy atom. The van der Waals surface area contributed by atoms with E-state index in [2.05, 4.69) is 10.6 Å². The van der Waals surface area contributed by atoms with E-state index in [1.165, 1.54) is 17.0 Å². The van der Waals surface area contributed by atoms with Crippen molar-refractivity contribution >= 4 is 41.1 Å². The summed E-state index contributed by atoms with van der Waals surface area (Å²) in [5.41, 5.74) is 6.03. The molecule has 5 N–H and O–H groups in total. The molecule has 0 aliphatic heterocycles. The summed E-state index contributed by atoms with van der Waals surface area (Å²) in [6.07, 6.45) is 1.01. The summed E-state index contributed by atoms with van der Waals surface area (Å²) in [4.78, 5) is 53.9. The lowest BCUT2D eigenvalue weighted by Gasteiger charge is -2.43. The lowest BCUT2D eigenvalue weighted by molar-refractivity contribution is -0.146. The van der Waals surface area contributed by atoms with Crippen LogP contribution in [0.25, 0.3) is 0 Å². The SMILES string of the molecule is Cc1cccc(Cl)c1NC(=O)C(c1cccc(O)c1)N(C(=O)C(CCC(N)=O)NC(=O)OC(C)(C)C)C1CCC1. The van der Waals surface area contributed by atoms with Crippen LogP contribution < -0.4 is 16.4 Å². The van der Waals surface area contributed by atoms with Crippen molar-refractivity contribution in [1.29, 1.82) is 0 Å². The van der Waals surface area contributed by atoms with E-state index in [9.17, 15) is 24.3 Å². The zero-order valence-electron chi connectivity index (χ0n) is 23.2. The number of phenolic OH excluding ortho intramolecular Hbond substituents is 1. The third-order valence-corrected chi connectivity index (χ3v) is 6.89. The van der Waals surface area contributed by atoms with Crippen molar-refractivity contribution in [2.45, 2.75) is 83.5 Å². The van der Waals surface area contributed by atoms with E-state index in [1.807, 2.05) is 0 Å². The number of hydrogen-bond acceptors (Lipinski definition) is 6. The molecule has 2 atom stereocenters. The molecule has 1 fully saturated rings. The highest BCUT2D eigenvalue weighted by Gasteiger charge is 2.42. The molecule has 1 aliphatic rings.